The molecule has 0 spiro atoms. The van der Waals surface area contributed by atoms with Crippen molar-refractivity contribution in [2.75, 3.05) is 6.61 Å². The Labute approximate surface area is 140 Å². The summed E-state index contributed by atoms with van der Waals surface area (Å²) >= 11 is 3.30. The van der Waals surface area contributed by atoms with Gasteiger partial charge in [-0.3, -0.25) is 9.78 Å². The molecule has 0 aliphatic carbocycles. The summed E-state index contributed by atoms with van der Waals surface area (Å²) in [5.41, 5.74) is 3.26. The fourth-order valence-electron chi connectivity index (χ4n) is 1.61. The Kier molecular flexibility index (Phi) is 5.81. The number of rotatable bonds is 6. The fourth-order valence-corrected chi connectivity index (χ4v) is 1.99. The second-order valence-corrected chi connectivity index (χ2v) is 5.22. The van der Waals surface area contributed by atoms with E-state index < -0.39 is 18.5 Å². The van der Waals surface area contributed by atoms with Crippen molar-refractivity contribution < 1.29 is 19.4 Å². The third-order valence-electron chi connectivity index (χ3n) is 2.62. The number of amides is 1. The molecular weight excluding hydrogens is 366 g/mol. The molecule has 2 N–H and O–H groups in total. The van der Waals surface area contributed by atoms with Gasteiger partial charge >= 0.3 is 5.97 Å². The van der Waals surface area contributed by atoms with Crippen LogP contribution in [0.1, 0.15) is 15.9 Å². The highest BCUT2D eigenvalue weighted by Gasteiger charge is 2.06. The molecule has 1 aromatic heterocycles. The number of nitrogens with one attached hydrogen (secondary N) is 1. The number of hydrogen-bond donors (Lipinski definition) is 2. The molecule has 0 saturated heterocycles. The quantitative estimate of drug-likeness (QED) is 0.592. The molecular formula is C15H12BrN3O4. The molecule has 2 aromatic rings. The molecule has 118 valence electrons. The number of aliphatic carboxylic acids is 1. The first-order valence-corrected chi connectivity index (χ1v) is 7.23. The van der Waals surface area contributed by atoms with E-state index in [0.717, 1.165) is 4.47 Å². The molecule has 0 aliphatic heterocycles. The van der Waals surface area contributed by atoms with Crippen molar-refractivity contribution >= 4 is 34.0 Å². The maximum absolute atomic E-state index is 11.8. The maximum atomic E-state index is 11.8. The van der Waals surface area contributed by atoms with Gasteiger partial charge in [-0.25, -0.2) is 10.2 Å². The third-order valence-corrected chi connectivity index (χ3v) is 3.11. The molecule has 8 heteroatoms. The lowest BCUT2D eigenvalue weighted by Gasteiger charge is -2.07. The van der Waals surface area contributed by atoms with Crippen molar-refractivity contribution in [2.24, 2.45) is 5.10 Å². The number of benzene rings is 1. The van der Waals surface area contributed by atoms with Crippen molar-refractivity contribution in [2.45, 2.75) is 0 Å². The Morgan fingerprint density at radius 1 is 1.39 bits per heavy atom. The van der Waals surface area contributed by atoms with Crippen LogP contribution in [0.15, 0.2) is 52.3 Å². The predicted octanol–water partition coefficient (Wildman–Crippen LogP) is 2.07. The van der Waals surface area contributed by atoms with Crippen LogP contribution in [0.4, 0.5) is 0 Å². The molecule has 7 nitrogen and oxygen atoms in total. The van der Waals surface area contributed by atoms with Gasteiger partial charge < -0.3 is 9.84 Å². The number of aromatic nitrogens is 1. The first-order valence-electron chi connectivity index (χ1n) is 6.44. The predicted molar refractivity (Wildman–Crippen MR) is 86.6 cm³/mol. The van der Waals surface area contributed by atoms with Crippen LogP contribution in [0.25, 0.3) is 0 Å². The number of carbonyl (C=O) groups is 2. The Bertz CT molecular complexity index is 735. The minimum Gasteiger partial charge on any atom is -0.481 e. The van der Waals surface area contributed by atoms with Crippen molar-refractivity contribution in [3.63, 3.8) is 0 Å². The Morgan fingerprint density at radius 2 is 2.22 bits per heavy atom. The summed E-state index contributed by atoms with van der Waals surface area (Å²) in [6.07, 6.45) is 4.36. The number of carboxylic acid groups (broad SMARTS) is 1. The highest BCUT2D eigenvalue weighted by Crippen LogP contribution is 2.21. The standard InChI is InChI=1S/C15H12BrN3O4/c16-12-3-4-13(23-9-14(20)21)11(6-12)8-18-19-15(22)10-2-1-5-17-7-10/h1-8H,9H2,(H,19,22)(H,20,21)/b18-8-. The van der Waals surface area contributed by atoms with Crippen LogP contribution < -0.4 is 10.2 Å². The monoisotopic (exact) mass is 377 g/mol. The Balaban J connectivity index is 2.07. The van der Waals surface area contributed by atoms with E-state index in [1.807, 2.05) is 0 Å². The number of carboxylic acids is 1. The van der Waals surface area contributed by atoms with E-state index in [9.17, 15) is 9.59 Å². The summed E-state index contributed by atoms with van der Waals surface area (Å²) in [4.78, 5) is 26.2. The molecule has 0 fully saturated rings. The second-order valence-electron chi connectivity index (χ2n) is 4.31. The zero-order chi connectivity index (χ0) is 16.7. The first kappa shape index (κ1) is 16.6. The number of halogens is 1. The normalized spacial score (nSPS) is 10.5. The molecule has 1 aromatic carbocycles. The highest BCUT2D eigenvalue weighted by molar-refractivity contribution is 9.10. The van der Waals surface area contributed by atoms with Gasteiger partial charge in [0.2, 0.25) is 0 Å². The van der Waals surface area contributed by atoms with Gasteiger partial charge in [-0.15, -0.1) is 0 Å². The van der Waals surface area contributed by atoms with Crippen molar-refractivity contribution in [3.8, 4) is 5.75 Å². The van der Waals surface area contributed by atoms with E-state index in [1.165, 1.54) is 12.4 Å². The molecule has 0 saturated carbocycles. The summed E-state index contributed by atoms with van der Waals surface area (Å²) < 4.78 is 5.93. The lowest BCUT2D eigenvalue weighted by molar-refractivity contribution is -0.139. The zero-order valence-corrected chi connectivity index (χ0v) is 13.4. The average Bonchev–Trinajstić information content (AvgIpc) is 2.54. The molecule has 2 rings (SSSR count). The molecule has 0 bridgehead atoms. The number of hydrogen-bond acceptors (Lipinski definition) is 5. The van der Waals surface area contributed by atoms with Crippen LogP contribution in [0.2, 0.25) is 0 Å². The minimum absolute atomic E-state index is 0.343. The van der Waals surface area contributed by atoms with Gasteiger partial charge in [-0.05, 0) is 30.3 Å². The number of ether oxygens (including phenoxy) is 1. The van der Waals surface area contributed by atoms with Crippen LogP contribution >= 0.6 is 15.9 Å². The lowest BCUT2D eigenvalue weighted by atomic mass is 10.2. The van der Waals surface area contributed by atoms with Crippen molar-refractivity contribution in [1.82, 2.24) is 10.4 Å². The van der Waals surface area contributed by atoms with E-state index >= 15 is 0 Å². The third kappa shape index (κ3) is 5.19. The summed E-state index contributed by atoms with van der Waals surface area (Å²) in [6.45, 7) is -0.468. The zero-order valence-electron chi connectivity index (χ0n) is 11.8. The number of nitrogens with zero attached hydrogens (tertiary/aromatic N) is 2. The van der Waals surface area contributed by atoms with Gasteiger partial charge in [-0.1, -0.05) is 15.9 Å². The Hall–Kier alpha value is -2.74. The SMILES string of the molecule is O=C(O)COc1ccc(Br)cc1/C=N\NC(=O)c1cccnc1. The second kappa shape index (κ2) is 8.04. The maximum Gasteiger partial charge on any atom is 0.341 e. The highest BCUT2D eigenvalue weighted by atomic mass is 79.9. The van der Waals surface area contributed by atoms with Gasteiger partial charge in [0.1, 0.15) is 5.75 Å². The molecule has 0 unspecified atom stereocenters. The van der Waals surface area contributed by atoms with E-state index in [1.54, 1.807) is 36.5 Å². The van der Waals surface area contributed by atoms with Gasteiger partial charge in [0.25, 0.3) is 5.91 Å². The van der Waals surface area contributed by atoms with Gasteiger partial charge in [0.15, 0.2) is 6.61 Å². The molecule has 1 heterocycles. The number of hydrazone groups is 1. The molecule has 0 atom stereocenters. The first-order chi connectivity index (χ1) is 11.1. The molecule has 0 aliphatic rings. The number of carbonyl (C=O) groups excluding carboxylic acids is 1. The van der Waals surface area contributed by atoms with Crippen LogP contribution in [-0.2, 0) is 4.79 Å². The van der Waals surface area contributed by atoms with Crippen molar-refractivity contribution in [1.29, 1.82) is 0 Å². The molecule has 0 radical (unpaired) electrons. The average molecular weight is 378 g/mol. The summed E-state index contributed by atoms with van der Waals surface area (Å²) in [5, 5.41) is 12.5. The van der Waals surface area contributed by atoms with E-state index in [2.05, 4.69) is 31.4 Å². The molecule has 1 amide bonds. The number of pyridine rings is 1. The summed E-state index contributed by atoms with van der Waals surface area (Å²) in [5.74, 6) is -1.15. The van der Waals surface area contributed by atoms with E-state index in [-0.39, 0.29) is 0 Å². The topological polar surface area (TPSA) is 101 Å². The van der Waals surface area contributed by atoms with Crippen LogP contribution in [0.3, 0.4) is 0 Å². The summed E-state index contributed by atoms with van der Waals surface area (Å²) in [6, 6.07) is 8.26. The van der Waals surface area contributed by atoms with Gasteiger partial charge in [0.05, 0.1) is 11.8 Å². The van der Waals surface area contributed by atoms with Gasteiger partial charge in [-0.2, -0.15) is 5.10 Å². The van der Waals surface area contributed by atoms with E-state index in [0.29, 0.717) is 16.9 Å². The van der Waals surface area contributed by atoms with Crippen LogP contribution in [0.5, 0.6) is 5.75 Å². The largest absolute Gasteiger partial charge is 0.481 e. The lowest BCUT2D eigenvalue weighted by Crippen LogP contribution is -2.17. The Morgan fingerprint density at radius 3 is 2.91 bits per heavy atom. The van der Waals surface area contributed by atoms with Gasteiger partial charge in [0, 0.05) is 22.4 Å². The van der Waals surface area contributed by atoms with E-state index in [4.69, 9.17) is 9.84 Å². The fraction of sp³-hybridized carbons (Fsp3) is 0.0667. The minimum atomic E-state index is -1.08. The molecule has 23 heavy (non-hydrogen) atoms. The van der Waals surface area contributed by atoms with Crippen LogP contribution in [-0.4, -0.2) is 34.8 Å². The summed E-state index contributed by atoms with van der Waals surface area (Å²) in [7, 11) is 0. The smallest absolute Gasteiger partial charge is 0.341 e. The van der Waals surface area contributed by atoms with Crippen molar-refractivity contribution in [3.05, 3.63) is 58.3 Å². The van der Waals surface area contributed by atoms with Crippen LogP contribution in [0, 0.1) is 0 Å².